The Morgan fingerprint density at radius 3 is 2.87 bits per heavy atom. The highest BCUT2D eigenvalue weighted by atomic mass is 127. The first-order chi connectivity index (χ1) is 7.13. The number of benzene rings is 1. The van der Waals surface area contributed by atoms with Crippen molar-refractivity contribution in [1.29, 1.82) is 0 Å². The molecular weight excluding hydrogens is 326 g/mol. The quantitative estimate of drug-likeness (QED) is 0.828. The van der Waals surface area contributed by atoms with E-state index in [9.17, 15) is 4.79 Å². The fourth-order valence-electron chi connectivity index (χ4n) is 1.04. The van der Waals surface area contributed by atoms with Crippen molar-refractivity contribution in [2.24, 2.45) is 0 Å². The van der Waals surface area contributed by atoms with Gasteiger partial charge < -0.3 is 10.6 Å². The van der Waals surface area contributed by atoms with E-state index in [1.54, 1.807) is 6.07 Å². The molecule has 1 aromatic rings. The van der Waals surface area contributed by atoms with Gasteiger partial charge >= 0.3 is 0 Å². The first-order valence-electron chi connectivity index (χ1n) is 4.53. The molecular formula is C10H12ClIN2O. The van der Waals surface area contributed by atoms with Gasteiger partial charge in [0, 0.05) is 16.5 Å². The maximum atomic E-state index is 11.4. The lowest BCUT2D eigenvalue weighted by molar-refractivity contribution is -0.116. The molecule has 0 aliphatic heterocycles. The monoisotopic (exact) mass is 338 g/mol. The van der Waals surface area contributed by atoms with Crippen LogP contribution < -0.4 is 10.6 Å². The second-order valence-electron chi connectivity index (χ2n) is 3.03. The topological polar surface area (TPSA) is 41.1 Å². The largest absolute Gasteiger partial charge is 0.325 e. The van der Waals surface area contributed by atoms with Crippen LogP contribution in [0.4, 0.5) is 5.69 Å². The van der Waals surface area contributed by atoms with Crippen molar-refractivity contribution in [3.63, 3.8) is 0 Å². The van der Waals surface area contributed by atoms with Crippen LogP contribution in [0.1, 0.15) is 6.42 Å². The molecule has 0 aliphatic rings. The van der Waals surface area contributed by atoms with E-state index in [1.807, 2.05) is 19.2 Å². The fourth-order valence-corrected chi connectivity index (χ4v) is 1.95. The van der Waals surface area contributed by atoms with Crippen molar-refractivity contribution in [2.45, 2.75) is 6.42 Å². The van der Waals surface area contributed by atoms with Gasteiger partial charge in [-0.1, -0.05) is 11.6 Å². The summed E-state index contributed by atoms with van der Waals surface area (Å²) in [6.45, 7) is 0.661. The zero-order valence-corrected chi connectivity index (χ0v) is 11.2. The van der Waals surface area contributed by atoms with Gasteiger partial charge in [-0.3, -0.25) is 4.79 Å². The second-order valence-corrected chi connectivity index (χ2v) is 4.68. The Labute approximate surface area is 108 Å². The van der Waals surface area contributed by atoms with E-state index < -0.39 is 0 Å². The maximum Gasteiger partial charge on any atom is 0.225 e. The molecule has 0 unspecified atom stereocenters. The maximum absolute atomic E-state index is 11.4. The van der Waals surface area contributed by atoms with Crippen molar-refractivity contribution in [1.82, 2.24) is 5.32 Å². The summed E-state index contributed by atoms with van der Waals surface area (Å²) in [6, 6.07) is 5.53. The van der Waals surface area contributed by atoms with Crippen LogP contribution in [0.15, 0.2) is 18.2 Å². The number of amides is 1. The number of hydrogen-bond acceptors (Lipinski definition) is 2. The van der Waals surface area contributed by atoms with Gasteiger partial charge in [-0.2, -0.15) is 0 Å². The van der Waals surface area contributed by atoms with Crippen LogP contribution >= 0.6 is 34.2 Å². The molecule has 82 valence electrons. The van der Waals surface area contributed by atoms with E-state index in [1.165, 1.54) is 0 Å². The van der Waals surface area contributed by atoms with Gasteiger partial charge in [-0.25, -0.2) is 0 Å². The van der Waals surface area contributed by atoms with Crippen molar-refractivity contribution >= 4 is 45.8 Å². The third kappa shape index (κ3) is 4.36. The Bertz CT molecular complexity index is 357. The van der Waals surface area contributed by atoms with Gasteiger partial charge in [-0.05, 0) is 47.8 Å². The Kier molecular flexibility index (Phi) is 5.35. The highest BCUT2D eigenvalue weighted by molar-refractivity contribution is 14.1. The molecule has 0 spiro atoms. The number of halogens is 2. The predicted octanol–water partition coefficient (Wildman–Crippen LogP) is 2.49. The zero-order chi connectivity index (χ0) is 11.3. The smallest absolute Gasteiger partial charge is 0.225 e. The summed E-state index contributed by atoms with van der Waals surface area (Å²) in [6.07, 6.45) is 0.443. The lowest BCUT2D eigenvalue weighted by Crippen LogP contribution is -2.18. The molecule has 3 nitrogen and oxygen atoms in total. The third-order valence-corrected chi connectivity index (χ3v) is 2.79. The third-order valence-electron chi connectivity index (χ3n) is 1.81. The molecule has 0 fully saturated rings. The average Bonchev–Trinajstić information content (AvgIpc) is 2.19. The zero-order valence-electron chi connectivity index (χ0n) is 8.31. The van der Waals surface area contributed by atoms with Crippen LogP contribution in [0.3, 0.4) is 0 Å². The first kappa shape index (κ1) is 12.7. The first-order valence-corrected chi connectivity index (χ1v) is 5.98. The molecule has 0 radical (unpaired) electrons. The van der Waals surface area contributed by atoms with Crippen LogP contribution in [0.25, 0.3) is 0 Å². The summed E-state index contributed by atoms with van der Waals surface area (Å²) in [7, 11) is 1.81. The van der Waals surface area contributed by atoms with Gasteiger partial charge in [0.25, 0.3) is 0 Å². The van der Waals surface area contributed by atoms with E-state index in [0.29, 0.717) is 23.7 Å². The number of rotatable bonds is 4. The van der Waals surface area contributed by atoms with Crippen molar-refractivity contribution < 1.29 is 4.79 Å². The summed E-state index contributed by atoms with van der Waals surface area (Å²) in [5.74, 6) is -0.0348. The minimum Gasteiger partial charge on any atom is -0.325 e. The molecule has 0 bridgehead atoms. The number of hydrogen-bond donors (Lipinski definition) is 2. The molecule has 0 aromatic heterocycles. The number of carbonyl (C=O) groups excluding carboxylic acids is 1. The molecule has 0 saturated carbocycles. The van der Waals surface area contributed by atoms with Crippen LogP contribution in [-0.2, 0) is 4.79 Å². The molecule has 5 heteroatoms. The van der Waals surface area contributed by atoms with E-state index >= 15 is 0 Å². The fraction of sp³-hybridized carbons (Fsp3) is 0.300. The van der Waals surface area contributed by atoms with Gasteiger partial charge in [0.2, 0.25) is 5.91 Å². The standard InChI is InChI=1S/C10H12ClIN2O/c1-13-5-4-10(15)14-9-3-2-7(12)6-8(9)11/h2-3,6,13H,4-5H2,1H3,(H,14,15). The summed E-state index contributed by atoms with van der Waals surface area (Å²) in [5.41, 5.74) is 0.665. The number of nitrogens with one attached hydrogen (secondary N) is 2. The molecule has 1 rings (SSSR count). The lowest BCUT2D eigenvalue weighted by atomic mass is 10.3. The van der Waals surface area contributed by atoms with Crippen LogP contribution in [0.2, 0.25) is 5.02 Å². The molecule has 0 aliphatic carbocycles. The molecule has 1 aromatic carbocycles. The van der Waals surface area contributed by atoms with E-state index in [4.69, 9.17) is 11.6 Å². The summed E-state index contributed by atoms with van der Waals surface area (Å²) in [4.78, 5) is 11.4. The van der Waals surface area contributed by atoms with Gasteiger partial charge in [0.1, 0.15) is 0 Å². The summed E-state index contributed by atoms with van der Waals surface area (Å²) >= 11 is 8.14. The molecule has 15 heavy (non-hydrogen) atoms. The summed E-state index contributed by atoms with van der Waals surface area (Å²) in [5, 5.41) is 6.24. The highest BCUT2D eigenvalue weighted by Gasteiger charge is 2.05. The minimum atomic E-state index is -0.0348. The average molecular weight is 339 g/mol. The Hall–Kier alpha value is -0.330. The molecule has 0 atom stereocenters. The minimum absolute atomic E-state index is 0.0348. The van der Waals surface area contributed by atoms with Crippen molar-refractivity contribution in [2.75, 3.05) is 18.9 Å². The number of carbonyl (C=O) groups is 1. The summed E-state index contributed by atoms with van der Waals surface area (Å²) < 4.78 is 1.05. The number of anilines is 1. The van der Waals surface area contributed by atoms with Crippen LogP contribution in [0.5, 0.6) is 0 Å². The van der Waals surface area contributed by atoms with Gasteiger partial charge in [-0.15, -0.1) is 0 Å². The van der Waals surface area contributed by atoms with Crippen LogP contribution in [-0.4, -0.2) is 19.5 Å². The Morgan fingerprint density at radius 2 is 2.27 bits per heavy atom. The molecule has 0 heterocycles. The van der Waals surface area contributed by atoms with E-state index in [-0.39, 0.29) is 5.91 Å². The van der Waals surface area contributed by atoms with Gasteiger partial charge in [0.05, 0.1) is 10.7 Å². The normalized spacial score (nSPS) is 10.1. The second kappa shape index (κ2) is 6.30. The van der Waals surface area contributed by atoms with Crippen LogP contribution in [0, 0.1) is 3.57 Å². The molecule has 0 saturated heterocycles. The Balaban J connectivity index is 2.60. The predicted molar refractivity (Wildman–Crippen MR) is 71.3 cm³/mol. The Morgan fingerprint density at radius 1 is 1.53 bits per heavy atom. The molecule has 2 N–H and O–H groups in total. The molecule has 1 amide bonds. The van der Waals surface area contributed by atoms with E-state index in [2.05, 4.69) is 33.2 Å². The SMILES string of the molecule is CNCCC(=O)Nc1ccc(I)cc1Cl. The lowest BCUT2D eigenvalue weighted by Gasteiger charge is -2.07. The van der Waals surface area contributed by atoms with E-state index in [0.717, 1.165) is 3.57 Å². The van der Waals surface area contributed by atoms with Gasteiger partial charge in [0.15, 0.2) is 0 Å². The van der Waals surface area contributed by atoms with Crippen molar-refractivity contribution in [3.05, 3.63) is 26.8 Å². The van der Waals surface area contributed by atoms with Crippen molar-refractivity contribution in [3.8, 4) is 0 Å². The highest BCUT2D eigenvalue weighted by Crippen LogP contribution is 2.23.